The quantitative estimate of drug-likeness (QED) is 0.774. The van der Waals surface area contributed by atoms with E-state index >= 15 is 0 Å². The van der Waals surface area contributed by atoms with Crippen LogP contribution in [0.4, 0.5) is 11.7 Å². The molecule has 2 aromatic heterocycles. The minimum Gasteiger partial charge on any atom is -0.388 e. The summed E-state index contributed by atoms with van der Waals surface area (Å²) in [6.45, 7) is 3.89. The van der Waals surface area contributed by atoms with Gasteiger partial charge in [-0.05, 0) is 31.5 Å². The molecule has 5 heteroatoms. The third-order valence-corrected chi connectivity index (χ3v) is 4.09. The molecule has 0 saturated heterocycles. The van der Waals surface area contributed by atoms with Crippen molar-refractivity contribution in [2.75, 3.05) is 5.32 Å². The maximum atomic E-state index is 12.0. The highest BCUT2D eigenvalue weighted by Crippen LogP contribution is 2.27. The van der Waals surface area contributed by atoms with Crippen LogP contribution in [-0.2, 0) is 0 Å². The second-order valence-electron chi connectivity index (χ2n) is 4.26. The second-order valence-corrected chi connectivity index (χ2v) is 5.46. The molecule has 3 aromatic rings. The van der Waals surface area contributed by atoms with Crippen LogP contribution in [0.1, 0.15) is 10.4 Å². The van der Waals surface area contributed by atoms with Crippen LogP contribution in [-0.4, -0.2) is 4.98 Å². The van der Waals surface area contributed by atoms with Crippen molar-refractivity contribution in [2.24, 2.45) is 0 Å². The molecule has 0 aliphatic rings. The lowest BCUT2D eigenvalue weighted by Crippen LogP contribution is -2.04. The first-order valence-corrected chi connectivity index (χ1v) is 6.70. The predicted molar refractivity (Wildman–Crippen MR) is 77.4 cm³/mol. The van der Waals surface area contributed by atoms with Gasteiger partial charge in [0.25, 0.3) is 0 Å². The van der Waals surface area contributed by atoms with E-state index in [1.165, 1.54) is 11.3 Å². The van der Waals surface area contributed by atoms with E-state index in [1.807, 2.05) is 44.2 Å². The van der Waals surface area contributed by atoms with Crippen LogP contribution in [0.3, 0.4) is 0 Å². The van der Waals surface area contributed by atoms with Crippen molar-refractivity contribution in [3.05, 3.63) is 51.2 Å². The van der Waals surface area contributed by atoms with E-state index in [2.05, 4.69) is 10.3 Å². The minimum absolute atomic E-state index is 0.227. The summed E-state index contributed by atoms with van der Waals surface area (Å²) in [7, 11) is 0. The molecule has 2 heterocycles. The fourth-order valence-corrected chi connectivity index (χ4v) is 2.89. The standard InChI is InChI=1S/C14H12N2O2S/c1-8-9(2)19-12-11(8)13(17)18-14(16-12)15-10-6-4-3-5-7-10/h3-7H,1-2H3,(H,15,16). The summed E-state index contributed by atoms with van der Waals surface area (Å²) in [5.74, 6) is 0. The average Bonchev–Trinajstić information content (AvgIpc) is 2.66. The molecule has 19 heavy (non-hydrogen) atoms. The van der Waals surface area contributed by atoms with Gasteiger partial charge in [-0.2, -0.15) is 4.98 Å². The van der Waals surface area contributed by atoms with Gasteiger partial charge in [0, 0.05) is 10.6 Å². The fraction of sp³-hybridized carbons (Fsp3) is 0.143. The first kappa shape index (κ1) is 11.9. The average molecular weight is 272 g/mol. The first-order chi connectivity index (χ1) is 9.15. The van der Waals surface area contributed by atoms with E-state index in [-0.39, 0.29) is 11.6 Å². The van der Waals surface area contributed by atoms with Crippen LogP contribution in [0.15, 0.2) is 39.5 Å². The van der Waals surface area contributed by atoms with Crippen molar-refractivity contribution >= 4 is 33.3 Å². The van der Waals surface area contributed by atoms with E-state index in [4.69, 9.17) is 4.42 Å². The highest BCUT2D eigenvalue weighted by atomic mass is 32.1. The summed E-state index contributed by atoms with van der Waals surface area (Å²) < 4.78 is 5.22. The number of hydrogen-bond donors (Lipinski definition) is 1. The van der Waals surface area contributed by atoms with Gasteiger partial charge in [0.05, 0.1) is 0 Å². The van der Waals surface area contributed by atoms with E-state index in [0.717, 1.165) is 16.1 Å². The molecule has 0 saturated carbocycles. The Morgan fingerprint density at radius 2 is 1.95 bits per heavy atom. The number of rotatable bonds is 2. The van der Waals surface area contributed by atoms with Crippen LogP contribution in [0.25, 0.3) is 10.2 Å². The zero-order valence-corrected chi connectivity index (χ0v) is 11.4. The fourth-order valence-electron chi connectivity index (χ4n) is 1.88. The Labute approximate surface area is 113 Å². The molecular weight excluding hydrogens is 260 g/mol. The second kappa shape index (κ2) is 4.51. The van der Waals surface area contributed by atoms with E-state index < -0.39 is 0 Å². The molecule has 0 spiro atoms. The number of para-hydroxylation sites is 1. The van der Waals surface area contributed by atoms with Crippen molar-refractivity contribution in [1.82, 2.24) is 4.98 Å². The Morgan fingerprint density at radius 1 is 1.21 bits per heavy atom. The number of aromatic nitrogens is 1. The third-order valence-electron chi connectivity index (χ3n) is 2.99. The molecule has 3 rings (SSSR count). The Morgan fingerprint density at radius 3 is 2.68 bits per heavy atom. The van der Waals surface area contributed by atoms with Crippen molar-refractivity contribution in [3.8, 4) is 0 Å². The summed E-state index contributed by atoms with van der Waals surface area (Å²) in [4.78, 5) is 18.1. The predicted octanol–water partition coefficient (Wildman–Crippen LogP) is 3.61. The van der Waals surface area contributed by atoms with Gasteiger partial charge in [0.15, 0.2) is 0 Å². The van der Waals surface area contributed by atoms with Gasteiger partial charge < -0.3 is 9.73 Å². The molecule has 0 amide bonds. The van der Waals surface area contributed by atoms with E-state index in [0.29, 0.717) is 10.2 Å². The summed E-state index contributed by atoms with van der Waals surface area (Å²) in [5.41, 5.74) is 1.44. The Bertz CT molecular complexity index is 790. The molecule has 96 valence electrons. The van der Waals surface area contributed by atoms with Crippen LogP contribution in [0.2, 0.25) is 0 Å². The zero-order chi connectivity index (χ0) is 13.4. The first-order valence-electron chi connectivity index (χ1n) is 5.88. The highest BCUT2D eigenvalue weighted by Gasteiger charge is 2.13. The summed E-state index contributed by atoms with van der Waals surface area (Å²) >= 11 is 1.51. The number of benzene rings is 1. The van der Waals surface area contributed by atoms with Gasteiger partial charge in [0.2, 0.25) is 0 Å². The maximum absolute atomic E-state index is 12.0. The summed E-state index contributed by atoms with van der Waals surface area (Å²) in [6.07, 6.45) is 0. The lowest BCUT2D eigenvalue weighted by Gasteiger charge is -2.02. The van der Waals surface area contributed by atoms with Gasteiger partial charge in [-0.1, -0.05) is 18.2 Å². The SMILES string of the molecule is Cc1sc2nc(Nc3ccccc3)oc(=O)c2c1C. The number of fused-ring (bicyclic) bond motifs is 1. The molecule has 0 bridgehead atoms. The molecule has 0 radical (unpaired) electrons. The van der Waals surface area contributed by atoms with Crippen LogP contribution in [0, 0.1) is 13.8 Å². The van der Waals surface area contributed by atoms with E-state index in [1.54, 1.807) is 0 Å². The summed E-state index contributed by atoms with van der Waals surface area (Å²) in [6, 6.07) is 9.72. The lowest BCUT2D eigenvalue weighted by molar-refractivity contribution is 0.522. The van der Waals surface area contributed by atoms with Gasteiger partial charge in [-0.3, -0.25) is 0 Å². The Hall–Kier alpha value is -2.14. The highest BCUT2D eigenvalue weighted by molar-refractivity contribution is 7.18. The summed E-state index contributed by atoms with van der Waals surface area (Å²) in [5, 5.41) is 3.58. The normalized spacial score (nSPS) is 10.8. The Kier molecular flexibility index (Phi) is 2.83. The maximum Gasteiger partial charge on any atom is 0.349 e. The number of hydrogen-bond acceptors (Lipinski definition) is 5. The topological polar surface area (TPSA) is 55.1 Å². The van der Waals surface area contributed by atoms with Crippen molar-refractivity contribution in [1.29, 1.82) is 0 Å². The van der Waals surface area contributed by atoms with Crippen molar-refractivity contribution in [3.63, 3.8) is 0 Å². The number of thiophene rings is 1. The monoisotopic (exact) mass is 272 g/mol. The number of nitrogens with zero attached hydrogens (tertiary/aromatic N) is 1. The van der Waals surface area contributed by atoms with Gasteiger partial charge in [-0.15, -0.1) is 11.3 Å². The zero-order valence-electron chi connectivity index (χ0n) is 10.6. The van der Waals surface area contributed by atoms with Crippen LogP contribution >= 0.6 is 11.3 Å². The van der Waals surface area contributed by atoms with Crippen molar-refractivity contribution in [2.45, 2.75) is 13.8 Å². The molecule has 0 atom stereocenters. The lowest BCUT2D eigenvalue weighted by atomic mass is 10.2. The molecule has 0 aliphatic carbocycles. The van der Waals surface area contributed by atoms with Gasteiger partial charge in [0.1, 0.15) is 10.2 Å². The molecule has 1 aromatic carbocycles. The number of aryl methyl sites for hydroxylation is 2. The largest absolute Gasteiger partial charge is 0.388 e. The molecule has 0 fully saturated rings. The smallest absolute Gasteiger partial charge is 0.349 e. The molecular formula is C14H12N2O2S. The molecule has 4 nitrogen and oxygen atoms in total. The van der Waals surface area contributed by atoms with Crippen LogP contribution < -0.4 is 10.9 Å². The van der Waals surface area contributed by atoms with Gasteiger partial charge >= 0.3 is 11.6 Å². The number of nitrogens with one attached hydrogen (secondary N) is 1. The minimum atomic E-state index is -0.342. The molecule has 0 aliphatic heterocycles. The Balaban J connectivity index is 2.09. The van der Waals surface area contributed by atoms with Crippen LogP contribution in [0.5, 0.6) is 0 Å². The molecule has 1 N–H and O–H groups in total. The van der Waals surface area contributed by atoms with Crippen molar-refractivity contribution < 1.29 is 4.42 Å². The third kappa shape index (κ3) is 2.13. The number of anilines is 2. The molecule has 0 unspecified atom stereocenters. The van der Waals surface area contributed by atoms with Gasteiger partial charge in [-0.25, -0.2) is 4.79 Å². The van der Waals surface area contributed by atoms with E-state index in [9.17, 15) is 4.79 Å².